The molecule has 112 valence electrons. The largest absolute Gasteiger partial charge is 0.363 e. The molecule has 7 nitrogen and oxygen atoms in total. The third kappa shape index (κ3) is 2.56. The molecule has 0 aliphatic carbocycles. The Morgan fingerprint density at radius 2 is 2.05 bits per heavy atom. The summed E-state index contributed by atoms with van der Waals surface area (Å²) in [6, 6.07) is 9.17. The lowest BCUT2D eigenvalue weighted by atomic mass is 10.1. The van der Waals surface area contributed by atoms with Crippen molar-refractivity contribution >= 4 is 22.3 Å². The van der Waals surface area contributed by atoms with Crippen LogP contribution in [0.1, 0.15) is 0 Å². The quantitative estimate of drug-likeness (QED) is 0.487. The van der Waals surface area contributed by atoms with E-state index in [1.54, 1.807) is 24.4 Å². The van der Waals surface area contributed by atoms with Crippen LogP contribution in [0.25, 0.3) is 10.9 Å². The molecule has 1 aliphatic heterocycles. The van der Waals surface area contributed by atoms with Gasteiger partial charge < -0.3 is 4.90 Å². The normalized spacial score (nSPS) is 15.7. The van der Waals surface area contributed by atoms with Gasteiger partial charge in [0.05, 0.1) is 28.4 Å². The highest BCUT2D eigenvalue weighted by Crippen LogP contribution is 2.35. The summed E-state index contributed by atoms with van der Waals surface area (Å²) in [6.45, 7) is 3.21. The Labute approximate surface area is 127 Å². The third-order valence-corrected chi connectivity index (χ3v) is 3.93. The minimum absolute atomic E-state index is 0.110. The number of pyridine rings is 1. The zero-order chi connectivity index (χ0) is 15.5. The zero-order valence-electron chi connectivity index (χ0n) is 12.0. The lowest BCUT2D eigenvalue weighted by molar-refractivity contribution is -0.382. The van der Waals surface area contributed by atoms with Crippen molar-refractivity contribution in [2.24, 2.45) is 0 Å². The van der Waals surface area contributed by atoms with E-state index in [1.807, 2.05) is 15.9 Å². The summed E-state index contributed by atoms with van der Waals surface area (Å²) in [5.41, 5.74) is 1.36. The summed E-state index contributed by atoms with van der Waals surface area (Å²) in [6.07, 6.45) is 1.63. The predicted molar refractivity (Wildman–Crippen MR) is 82.7 cm³/mol. The first-order valence-corrected chi connectivity index (χ1v) is 7.07. The summed E-state index contributed by atoms with van der Waals surface area (Å²) in [5, 5.41) is 20.8. The number of nitro groups is 1. The van der Waals surface area contributed by atoms with Gasteiger partial charge in [0.15, 0.2) is 0 Å². The number of nitro benzene ring substituents is 1. The molecule has 1 aliphatic rings. The Hall–Kier alpha value is -2.72. The van der Waals surface area contributed by atoms with Gasteiger partial charge in [0.1, 0.15) is 5.69 Å². The Balaban J connectivity index is 1.96. The summed E-state index contributed by atoms with van der Waals surface area (Å²) in [7, 11) is 0. The van der Waals surface area contributed by atoms with Gasteiger partial charge in [-0.15, -0.1) is 0 Å². The van der Waals surface area contributed by atoms with Gasteiger partial charge in [0, 0.05) is 32.4 Å². The number of benzene rings is 1. The topological polar surface area (TPSA) is 86.3 Å². The van der Waals surface area contributed by atoms with Gasteiger partial charge in [-0.2, -0.15) is 5.26 Å². The van der Waals surface area contributed by atoms with E-state index in [1.165, 1.54) is 0 Å². The highest BCUT2D eigenvalue weighted by molar-refractivity contribution is 5.94. The average Bonchev–Trinajstić information content (AvgIpc) is 2.54. The average molecular weight is 297 g/mol. The van der Waals surface area contributed by atoms with Crippen molar-refractivity contribution in [2.45, 2.75) is 0 Å². The van der Waals surface area contributed by atoms with E-state index < -0.39 is 0 Å². The Morgan fingerprint density at radius 3 is 2.73 bits per heavy atom. The van der Waals surface area contributed by atoms with Gasteiger partial charge in [-0.25, -0.2) is 0 Å². The molecule has 1 aromatic heterocycles. The monoisotopic (exact) mass is 297 g/mol. The maximum atomic E-state index is 11.5. The number of fused-ring (bicyclic) bond motifs is 1. The van der Waals surface area contributed by atoms with Crippen LogP contribution in [0.4, 0.5) is 11.4 Å². The van der Waals surface area contributed by atoms with Crippen LogP contribution in [-0.2, 0) is 0 Å². The van der Waals surface area contributed by atoms with Gasteiger partial charge in [-0.1, -0.05) is 0 Å². The fourth-order valence-corrected chi connectivity index (χ4v) is 2.82. The highest BCUT2D eigenvalue weighted by Gasteiger charge is 2.25. The van der Waals surface area contributed by atoms with Gasteiger partial charge in [-0.3, -0.25) is 20.0 Å². The molecule has 0 atom stereocenters. The number of nitrogens with zero attached hydrogens (tertiary/aromatic N) is 5. The minimum Gasteiger partial charge on any atom is -0.363 e. The molecule has 2 heterocycles. The van der Waals surface area contributed by atoms with Crippen LogP contribution in [0.2, 0.25) is 0 Å². The molecule has 7 heteroatoms. The molecule has 3 rings (SSSR count). The number of rotatable bonds is 3. The van der Waals surface area contributed by atoms with Crippen LogP contribution in [-0.4, -0.2) is 47.5 Å². The maximum absolute atomic E-state index is 11.5. The lowest BCUT2D eigenvalue weighted by Gasteiger charge is -2.34. The second kappa shape index (κ2) is 5.95. The van der Waals surface area contributed by atoms with E-state index in [-0.39, 0.29) is 10.6 Å². The van der Waals surface area contributed by atoms with Gasteiger partial charge in [0.2, 0.25) is 0 Å². The molecular formula is C15H15N5O2. The Morgan fingerprint density at radius 1 is 1.27 bits per heavy atom. The van der Waals surface area contributed by atoms with E-state index in [4.69, 9.17) is 5.26 Å². The van der Waals surface area contributed by atoms with Gasteiger partial charge in [-0.05, 0) is 24.3 Å². The minimum atomic E-state index is -0.332. The molecule has 0 radical (unpaired) electrons. The molecule has 1 aromatic carbocycles. The fourth-order valence-electron chi connectivity index (χ4n) is 2.82. The van der Waals surface area contributed by atoms with Gasteiger partial charge in [0.25, 0.3) is 0 Å². The summed E-state index contributed by atoms with van der Waals surface area (Å²) in [5.74, 6) is 0. The lowest BCUT2D eigenvalue weighted by Crippen LogP contribution is -2.46. The second-order valence-corrected chi connectivity index (χ2v) is 5.18. The first kappa shape index (κ1) is 14.2. The number of hydrogen-bond donors (Lipinski definition) is 0. The van der Waals surface area contributed by atoms with E-state index >= 15 is 0 Å². The van der Waals surface area contributed by atoms with E-state index in [2.05, 4.69) is 11.1 Å². The van der Waals surface area contributed by atoms with Gasteiger partial charge >= 0.3 is 5.69 Å². The Bertz CT molecular complexity index is 747. The first-order valence-electron chi connectivity index (χ1n) is 7.07. The third-order valence-electron chi connectivity index (χ3n) is 3.93. The van der Waals surface area contributed by atoms with Crippen molar-refractivity contribution in [1.29, 1.82) is 5.26 Å². The van der Waals surface area contributed by atoms with E-state index in [0.717, 1.165) is 13.1 Å². The molecular weight excluding hydrogens is 282 g/mol. The predicted octanol–water partition coefficient (Wildman–Crippen LogP) is 1.79. The zero-order valence-corrected chi connectivity index (χ0v) is 12.0. The van der Waals surface area contributed by atoms with Crippen LogP contribution in [0.5, 0.6) is 0 Å². The molecule has 2 aromatic rings. The van der Waals surface area contributed by atoms with E-state index in [0.29, 0.717) is 36.2 Å². The second-order valence-electron chi connectivity index (χ2n) is 5.18. The number of aromatic nitrogens is 1. The van der Waals surface area contributed by atoms with Crippen LogP contribution in [0.3, 0.4) is 0 Å². The highest BCUT2D eigenvalue weighted by atomic mass is 16.6. The fraction of sp³-hybridized carbons (Fsp3) is 0.333. The summed E-state index contributed by atoms with van der Waals surface area (Å²) in [4.78, 5) is 19.4. The van der Waals surface area contributed by atoms with Crippen molar-refractivity contribution in [1.82, 2.24) is 9.88 Å². The molecule has 0 bridgehead atoms. The molecule has 0 amide bonds. The van der Waals surface area contributed by atoms with Crippen molar-refractivity contribution in [3.8, 4) is 6.07 Å². The van der Waals surface area contributed by atoms with E-state index in [9.17, 15) is 10.1 Å². The van der Waals surface area contributed by atoms with Crippen LogP contribution >= 0.6 is 0 Å². The molecule has 0 spiro atoms. The number of anilines is 1. The SMILES string of the molecule is N#CCN1CCN(c2ccc3ncccc3c2[N+](=O)[O-])CC1. The Kier molecular flexibility index (Phi) is 3.85. The maximum Gasteiger partial charge on any atom is 0.301 e. The van der Waals surface area contributed by atoms with Crippen molar-refractivity contribution < 1.29 is 4.92 Å². The first-order chi connectivity index (χ1) is 10.7. The molecule has 1 saturated heterocycles. The molecule has 0 unspecified atom stereocenters. The summed E-state index contributed by atoms with van der Waals surface area (Å²) >= 11 is 0. The van der Waals surface area contributed by atoms with Crippen molar-refractivity contribution in [3.05, 3.63) is 40.6 Å². The smallest absolute Gasteiger partial charge is 0.301 e. The molecule has 22 heavy (non-hydrogen) atoms. The number of nitriles is 1. The van der Waals surface area contributed by atoms with Crippen LogP contribution < -0.4 is 4.90 Å². The van der Waals surface area contributed by atoms with Crippen molar-refractivity contribution in [3.63, 3.8) is 0 Å². The molecule has 0 saturated carbocycles. The molecule has 0 N–H and O–H groups in total. The standard InChI is InChI=1S/C15H15N5O2/c16-5-7-18-8-10-19(11-9-18)14-4-3-13-12(2-1-6-17-13)15(14)20(21)22/h1-4,6H,7-11H2. The summed E-state index contributed by atoms with van der Waals surface area (Å²) < 4.78 is 0. The van der Waals surface area contributed by atoms with Crippen LogP contribution in [0.15, 0.2) is 30.5 Å². The number of piperazine rings is 1. The number of hydrogen-bond acceptors (Lipinski definition) is 6. The van der Waals surface area contributed by atoms with Crippen LogP contribution in [0, 0.1) is 21.4 Å². The van der Waals surface area contributed by atoms with Crippen molar-refractivity contribution in [2.75, 3.05) is 37.6 Å². The molecule has 1 fully saturated rings.